The lowest BCUT2D eigenvalue weighted by atomic mass is 9.94. The Kier molecular flexibility index (Phi) is 4.68. The molecule has 1 aromatic heterocycles. The van der Waals surface area contributed by atoms with Crippen LogP contribution in [0, 0.1) is 19.8 Å². The van der Waals surface area contributed by atoms with Gasteiger partial charge in [-0.2, -0.15) is 5.10 Å². The fourth-order valence-corrected chi connectivity index (χ4v) is 3.72. The molecule has 2 aliphatic heterocycles. The van der Waals surface area contributed by atoms with Gasteiger partial charge in [-0.3, -0.25) is 14.3 Å². The Hall–Kier alpha value is -1.85. The maximum Gasteiger partial charge on any atom is 0.227 e. The highest BCUT2D eigenvalue weighted by Gasteiger charge is 2.33. The first-order valence-corrected chi connectivity index (χ1v) is 8.63. The van der Waals surface area contributed by atoms with Gasteiger partial charge in [-0.05, 0) is 45.6 Å². The molecule has 3 rings (SSSR count). The Morgan fingerprint density at radius 3 is 2.83 bits per heavy atom. The van der Waals surface area contributed by atoms with Crippen molar-refractivity contribution in [3.63, 3.8) is 0 Å². The van der Waals surface area contributed by atoms with Gasteiger partial charge in [0.05, 0.1) is 24.2 Å². The zero-order valence-electron chi connectivity index (χ0n) is 14.0. The molecular formula is C17H26N4O2. The van der Waals surface area contributed by atoms with Crippen LogP contribution in [0.1, 0.15) is 43.5 Å². The highest BCUT2D eigenvalue weighted by molar-refractivity contribution is 5.84. The summed E-state index contributed by atoms with van der Waals surface area (Å²) in [6.07, 6.45) is 4.40. The number of hydrogen-bond donors (Lipinski definition) is 1. The summed E-state index contributed by atoms with van der Waals surface area (Å²) >= 11 is 0. The first-order chi connectivity index (χ1) is 11.0. The van der Waals surface area contributed by atoms with Gasteiger partial charge in [0.2, 0.25) is 11.8 Å². The fourth-order valence-electron chi connectivity index (χ4n) is 3.72. The van der Waals surface area contributed by atoms with Crippen LogP contribution >= 0.6 is 0 Å². The number of nitrogens with one attached hydrogen (secondary N) is 1. The van der Waals surface area contributed by atoms with E-state index in [0.717, 1.165) is 43.7 Å². The van der Waals surface area contributed by atoms with E-state index in [9.17, 15) is 9.59 Å². The molecule has 2 aliphatic rings. The number of aromatic nitrogens is 2. The molecule has 126 valence electrons. The topological polar surface area (TPSA) is 67.2 Å². The number of rotatable bonds is 3. The molecular weight excluding hydrogens is 292 g/mol. The molecule has 0 aromatic carbocycles. The summed E-state index contributed by atoms with van der Waals surface area (Å²) in [5, 5.41) is 7.37. The average molecular weight is 318 g/mol. The van der Waals surface area contributed by atoms with E-state index in [1.54, 1.807) is 0 Å². The van der Waals surface area contributed by atoms with Gasteiger partial charge in [0, 0.05) is 25.2 Å². The number of piperidine rings is 2. The van der Waals surface area contributed by atoms with Gasteiger partial charge >= 0.3 is 0 Å². The SMILES string of the molecule is Cc1cc(C)n(C[C@@H]2CCCCN2C(=O)[C@@H]2CCC(=O)NC2)n1. The molecule has 6 nitrogen and oxygen atoms in total. The second-order valence-electron chi connectivity index (χ2n) is 6.83. The molecule has 0 aliphatic carbocycles. The van der Waals surface area contributed by atoms with Crippen molar-refractivity contribution in [3.05, 3.63) is 17.5 Å². The van der Waals surface area contributed by atoms with Gasteiger partial charge in [-0.25, -0.2) is 0 Å². The first kappa shape index (κ1) is 16.0. The van der Waals surface area contributed by atoms with E-state index < -0.39 is 0 Å². The summed E-state index contributed by atoms with van der Waals surface area (Å²) in [6.45, 7) is 6.14. The quantitative estimate of drug-likeness (QED) is 0.916. The molecule has 2 saturated heterocycles. The van der Waals surface area contributed by atoms with Crippen molar-refractivity contribution in [3.8, 4) is 0 Å². The molecule has 6 heteroatoms. The van der Waals surface area contributed by atoms with Gasteiger partial charge in [0.15, 0.2) is 0 Å². The molecule has 2 amide bonds. The molecule has 3 heterocycles. The number of hydrogen-bond acceptors (Lipinski definition) is 3. The number of nitrogens with zero attached hydrogens (tertiary/aromatic N) is 3. The van der Waals surface area contributed by atoms with Crippen molar-refractivity contribution < 1.29 is 9.59 Å². The molecule has 23 heavy (non-hydrogen) atoms. The lowest BCUT2D eigenvalue weighted by Crippen LogP contribution is -2.51. The molecule has 1 N–H and O–H groups in total. The first-order valence-electron chi connectivity index (χ1n) is 8.63. The highest BCUT2D eigenvalue weighted by atomic mass is 16.2. The molecule has 0 radical (unpaired) electrons. The van der Waals surface area contributed by atoms with Crippen molar-refractivity contribution in [1.29, 1.82) is 0 Å². The average Bonchev–Trinajstić information content (AvgIpc) is 2.85. The van der Waals surface area contributed by atoms with Crippen molar-refractivity contribution in [1.82, 2.24) is 20.0 Å². The van der Waals surface area contributed by atoms with Crippen LogP contribution in [0.4, 0.5) is 0 Å². The van der Waals surface area contributed by atoms with Crippen LogP contribution in [0.3, 0.4) is 0 Å². The lowest BCUT2D eigenvalue weighted by molar-refractivity contribution is -0.141. The Morgan fingerprint density at radius 2 is 2.17 bits per heavy atom. The maximum atomic E-state index is 12.9. The van der Waals surface area contributed by atoms with E-state index in [1.807, 2.05) is 16.5 Å². The molecule has 2 fully saturated rings. The van der Waals surface area contributed by atoms with Gasteiger partial charge in [-0.15, -0.1) is 0 Å². The minimum Gasteiger partial charge on any atom is -0.355 e. The minimum atomic E-state index is -0.0613. The van der Waals surface area contributed by atoms with Crippen LogP contribution in [0.5, 0.6) is 0 Å². The van der Waals surface area contributed by atoms with Crippen molar-refractivity contribution in [2.75, 3.05) is 13.1 Å². The van der Waals surface area contributed by atoms with Crippen LogP contribution in [0.25, 0.3) is 0 Å². The van der Waals surface area contributed by atoms with Crippen LogP contribution in [-0.4, -0.2) is 45.6 Å². The van der Waals surface area contributed by atoms with Crippen molar-refractivity contribution >= 4 is 11.8 Å². The summed E-state index contributed by atoms with van der Waals surface area (Å²) in [4.78, 5) is 26.2. The summed E-state index contributed by atoms with van der Waals surface area (Å²) in [5.41, 5.74) is 2.16. The molecule has 0 bridgehead atoms. The zero-order chi connectivity index (χ0) is 16.4. The number of aryl methyl sites for hydroxylation is 2. The maximum absolute atomic E-state index is 12.9. The fraction of sp³-hybridized carbons (Fsp3) is 0.706. The van der Waals surface area contributed by atoms with E-state index >= 15 is 0 Å². The smallest absolute Gasteiger partial charge is 0.227 e. The summed E-state index contributed by atoms with van der Waals surface area (Å²) in [6, 6.07) is 2.29. The van der Waals surface area contributed by atoms with Crippen LogP contribution in [-0.2, 0) is 16.1 Å². The summed E-state index contributed by atoms with van der Waals surface area (Å²) < 4.78 is 2.02. The van der Waals surface area contributed by atoms with E-state index in [2.05, 4.69) is 23.4 Å². The van der Waals surface area contributed by atoms with Crippen molar-refractivity contribution in [2.24, 2.45) is 5.92 Å². The molecule has 2 atom stereocenters. The Balaban J connectivity index is 1.69. The third-order valence-corrected chi connectivity index (χ3v) is 5.01. The second kappa shape index (κ2) is 6.72. The Morgan fingerprint density at radius 1 is 1.35 bits per heavy atom. The molecule has 0 unspecified atom stereocenters. The van der Waals surface area contributed by atoms with Crippen LogP contribution in [0.15, 0.2) is 6.07 Å². The summed E-state index contributed by atoms with van der Waals surface area (Å²) in [7, 11) is 0. The predicted molar refractivity (Wildman–Crippen MR) is 86.8 cm³/mol. The number of amides is 2. The highest BCUT2D eigenvalue weighted by Crippen LogP contribution is 2.23. The monoisotopic (exact) mass is 318 g/mol. The normalized spacial score (nSPS) is 25.3. The van der Waals surface area contributed by atoms with Gasteiger partial charge < -0.3 is 10.2 Å². The van der Waals surface area contributed by atoms with Crippen LogP contribution < -0.4 is 5.32 Å². The third kappa shape index (κ3) is 3.57. The van der Waals surface area contributed by atoms with E-state index in [-0.39, 0.29) is 23.8 Å². The number of likely N-dealkylation sites (tertiary alicyclic amines) is 1. The van der Waals surface area contributed by atoms with Gasteiger partial charge in [0.1, 0.15) is 0 Å². The molecule has 1 aromatic rings. The third-order valence-electron chi connectivity index (χ3n) is 5.01. The minimum absolute atomic E-state index is 0.0613. The van der Waals surface area contributed by atoms with Gasteiger partial charge in [-0.1, -0.05) is 0 Å². The van der Waals surface area contributed by atoms with E-state index in [1.165, 1.54) is 0 Å². The zero-order valence-corrected chi connectivity index (χ0v) is 14.0. The Bertz CT molecular complexity index is 585. The number of carbonyl (C=O) groups is 2. The Labute approximate surface area is 137 Å². The van der Waals surface area contributed by atoms with E-state index in [4.69, 9.17) is 0 Å². The predicted octanol–water partition coefficient (Wildman–Crippen LogP) is 1.41. The lowest BCUT2D eigenvalue weighted by Gasteiger charge is -2.38. The van der Waals surface area contributed by atoms with Crippen molar-refractivity contribution in [2.45, 2.75) is 58.5 Å². The van der Waals surface area contributed by atoms with Crippen LogP contribution in [0.2, 0.25) is 0 Å². The summed E-state index contributed by atoms with van der Waals surface area (Å²) in [5.74, 6) is 0.205. The number of carbonyl (C=O) groups excluding carboxylic acids is 2. The second-order valence-corrected chi connectivity index (χ2v) is 6.83. The molecule has 0 saturated carbocycles. The largest absolute Gasteiger partial charge is 0.355 e. The van der Waals surface area contributed by atoms with E-state index in [0.29, 0.717) is 19.4 Å². The van der Waals surface area contributed by atoms with Gasteiger partial charge in [0.25, 0.3) is 0 Å². The standard InChI is InChI=1S/C17H26N4O2/c1-12-9-13(2)21(19-12)11-15-5-3-4-8-20(15)17(23)14-6-7-16(22)18-10-14/h9,14-15H,3-8,10-11H2,1-2H3,(H,18,22)/t14-,15+/m1/s1. The molecule has 0 spiro atoms.